The summed E-state index contributed by atoms with van der Waals surface area (Å²) < 4.78 is 2.62. The Morgan fingerprint density at radius 1 is 1.33 bits per heavy atom. The van der Waals surface area contributed by atoms with E-state index < -0.39 is 0 Å². The van der Waals surface area contributed by atoms with E-state index in [1.165, 1.54) is 0 Å². The van der Waals surface area contributed by atoms with Crippen LogP contribution in [0.5, 0.6) is 0 Å². The van der Waals surface area contributed by atoms with Crippen molar-refractivity contribution >= 4 is 38.4 Å². The number of carbonyl (C=O) groups excluding carboxylic acids is 1. The van der Waals surface area contributed by atoms with Gasteiger partial charge in [-0.05, 0) is 31.2 Å². The second-order valence-electron chi connectivity index (χ2n) is 4.74. The summed E-state index contributed by atoms with van der Waals surface area (Å²) in [7, 11) is 1.81. The van der Waals surface area contributed by atoms with Crippen LogP contribution in [0.2, 0.25) is 0 Å². The molecule has 6 heteroatoms. The first-order chi connectivity index (χ1) is 10.1. The fraction of sp³-hybridized carbons (Fsp3) is 0.133. The van der Waals surface area contributed by atoms with Gasteiger partial charge < -0.3 is 5.32 Å². The second-order valence-corrected chi connectivity index (χ2v) is 5.60. The summed E-state index contributed by atoms with van der Waals surface area (Å²) in [5.41, 5.74) is 2.73. The van der Waals surface area contributed by atoms with Crippen molar-refractivity contribution in [2.45, 2.75) is 6.92 Å². The van der Waals surface area contributed by atoms with Crippen LogP contribution in [0.1, 0.15) is 16.2 Å². The number of aryl methyl sites for hydroxylation is 2. The third-order valence-corrected chi connectivity index (χ3v) is 4.00. The molecule has 0 saturated carbocycles. The van der Waals surface area contributed by atoms with Gasteiger partial charge in [0.15, 0.2) is 5.69 Å². The Hall–Kier alpha value is -2.21. The zero-order valence-corrected chi connectivity index (χ0v) is 13.2. The monoisotopic (exact) mass is 344 g/mol. The molecule has 0 atom stereocenters. The second kappa shape index (κ2) is 5.29. The molecule has 0 aliphatic heterocycles. The van der Waals surface area contributed by atoms with Crippen LogP contribution >= 0.6 is 15.9 Å². The minimum atomic E-state index is -0.243. The van der Waals surface area contributed by atoms with Gasteiger partial charge in [-0.2, -0.15) is 5.10 Å². The lowest BCUT2D eigenvalue weighted by atomic mass is 10.2. The van der Waals surface area contributed by atoms with Gasteiger partial charge in [0, 0.05) is 28.8 Å². The van der Waals surface area contributed by atoms with Gasteiger partial charge in [0.25, 0.3) is 5.91 Å². The number of aromatic nitrogens is 3. The molecule has 0 aliphatic carbocycles. The van der Waals surface area contributed by atoms with Gasteiger partial charge >= 0.3 is 0 Å². The molecule has 3 rings (SSSR count). The average molecular weight is 345 g/mol. The first-order valence-electron chi connectivity index (χ1n) is 6.41. The van der Waals surface area contributed by atoms with Crippen molar-refractivity contribution in [1.29, 1.82) is 0 Å². The van der Waals surface area contributed by atoms with E-state index in [1.807, 2.05) is 38.2 Å². The molecule has 106 valence electrons. The van der Waals surface area contributed by atoms with E-state index >= 15 is 0 Å². The largest absolute Gasteiger partial charge is 0.319 e. The quantitative estimate of drug-likeness (QED) is 0.775. The Labute approximate surface area is 130 Å². The van der Waals surface area contributed by atoms with Crippen LogP contribution < -0.4 is 5.32 Å². The highest BCUT2D eigenvalue weighted by Gasteiger charge is 2.13. The van der Waals surface area contributed by atoms with E-state index in [0.29, 0.717) is 11.4 Å². The fourth-order valence-corrected chi connectivity index (χ4v) is 2.55. The molecule has 1 N–H and O–H groups in total. The molecule has 3 aromatic rings. The van der Waals surface area contributed by atoms with Crippen molar-refractivity contribution in [3.05, 3.63) is 52.4 Å². The van der Waals surface area contributed by atoms with Crippen LogP contribution in [0.25, 0.3) is 10.9 Å². The number of hydrogen-bond donors (Lipinski definition) is 1. The maximum atomic E-state index is 12.3. The van der Waals surface area contributed by atoms with Crippen LogP contribution in [-0.2, 0) is 7.05 Å². The Morgan fingerprint density at radius 2 is 2.14 bits per heavy atom. The normalized spacial score (nSPS) is 10.8. The minimum Gasteiger partial charge on any atom is -0.319 e. The minimum absolute atomic E-state index is 0.243. The highest BCUT2D eigenvalue weighted by Crippen LogP contribution is 2.28. The van der Waals surface area contributed by atoms with Gasteiger partial charge in [-0.15, -0.1) is 0 Å². The van der Waals surface area contributed by atoms with Crippen LogP contribution in [0.3, 0.4) is 0 Å². The predicted molar refractivity (Wildman–Crippen MR) is 85.3 cm³/mol. The standard InChI is InChI=1S/C15H13BrN4O/c1-9-8-13(19-20(9)2)15(21)18-12-6-5-11(16)10-4-3-7-17-14(10)12/h3-8H,1-2H3,(H,18,21). The number of carbonyl (C=O) groups is 1. The SMILES string of the molecule is Cc1cc(C(=O)Nc2ccc(Br)c3cccnc23)nn1C. The smallest absolute Gasteiger partial charge is 0.276 e. The maximum absolute atomic E-state index is 12.3. The van der Waals surface area contributed by atoms with E-state index in [4.69, 9.17) is 0 Å². The lowest BCUT2D eigenvalue weighted by Crippen LogP contribution is -2.13. The number of fused-ring (bicyclic) bond motifs is 1. The molecule has 0 radical (unpaired) electrons. The van der Waals surface area contributed by atoms with Gasteiger partial charge in [0.05, 0.1) is 11.2 Å². The topological polar surface area (TPSA) is 59.8 Å². The number of rotatable bonds is 2. The summed E-state index contributed by atoms with van der Waals surface area (Å²) >= 11 is 3.49. The summed E-state index contributed by atoms with van der Waals surface area (Å²) in [5, 5.41) is 8.00. The predicted octanol–water partition coefficient (Wildman–Crippen LogP) is 3.29. The number of nitrogens with one attached hydrogen (secondary N) is 1. The summed E-state index contributed by atoms with van der Waals surface area (Å²) in [4.78, 5) is 16.6. The van der Waals surface area contributed by atoms with Crippen LogP contribution in [0.4, 0.5) is 5.69 Å². The van der Waals surface area contributed by atoms with E-state index in [0.717, 1.165) is 21.1 Å². The Balaban J connectivity index is 1.98. The van der Waals surface area contributed by atoms with Crippen LogP contribution in [-0.4, -0.2) is 20.7 Å². The summed E-state index contributed by atoms with van der Waals surface area (Å²) in [6, 6.07) is 9.29. The average Bonchev–Trinajstić information content (AvgIpc) is 2.82. The lowest BCUT2D eigenvalue weighted by molar-refractivity contribution is 0.102. The maximum Gasteiger partial charge on any atom is 0.276 e. The van der Waals surface area contributed by atoms with Gasteiger partial charge in [0.1, 0.15) is 0 Å². The highest BCUT2D eigenvalue weighted by molar-refractivity contribution is 9.10. The van der Waals surface area contributed by atoms with Gasteiger partial charge in [-0.3, -0.25) is 14.5 Å². The molecule has 2 heterocycles. The molecule has 0 spiro atoms. The Bertz CT molecular complexity index is 821. The number of benzene rings is 1. The van der Waals surface area contributed by atoms with Crippen molar-refractivity contribution in [2.75, 3.05) is 5.32 Å². The zero-order chi connectivity index (χ0) is 15.0. The Morgan fingerprint density at radius 3 is 2.86 bits per heavy atom. The number of pyridine rings is 1. The van der Waals surface area contributed by atoms with Gasteiger partial charge in [0.2, 0.25) is 0 Å². The van der Waals surface area contributed by atoms with Gasteiger partial charge in [-0.1, -0.05) is 22.0 Å². The van der Waals surface area contributed by atoms with Crippen molar-refractivity contribution in [1.82, 2.24) is 14.8 Å². The number of hydrogen-bond acceptors (Lipinski definition) is 3. The molecule has 1 amide bonds. The van der Waals surface area contributed by atoms with E-state index in [1.54, 1.807) is 16.9 Å². The molecular formula is C15H13BrN4O. The van der Waals surface area contributed by atoms with Crippen molar-refractivity contribution < 1.29 is 4.79 Å². The van der Waals surface area contributed by atoms with E-state index in [2.05, 4.69) is 31.3 Å². The molecule has 0 unspecified atom stereocenters. The zero-order valence-electron chi connectivity index (χ0n) is 11.6. The summed E-state index contributed by atoms with van der Waals surface area (Å²) in [5.74, 6) is -0.243. The molecule has 0 bridgehead atoms. The van der Waals surface area contributed by atoms with E-state index in [9.17, 15) is 4.79 Å². The molecule has 0 fully saturated rings. The molecule has 5 nitrogen and oxygen atoms in total. The first kappa shape index (κ1) is 13.8. The highest BCUT2D eigenvalue weighted by atomic mass is 79.9. The number of amides is 1. The molecule has 0 aliphatic rings. The third-order valence-electron chi connectivity index (χ3n) is 3.31. The molecular weight excluding hydrogens is 332 g/mol. The summed E-state index contributed by atoms with van der Waals surface area (Å²) in [6.45, 7) is 1.90. The van der Waals surface area contributed by atoms with Crippen molar-refractivity contribution in [2.24, 2.45) is 7.05 Å². The number of halogens is 1. The molecule has 21 heavy (non-hydrogen) atoms. The lowest BCUT2D eigenvalue weighted by Gasteiger charge is -2.08. The fourth-order valence-electron chi connectivity index (χ4n) is 2.10. The Kier molecular flexibility index (Phi) is 3.47. The van der Waals surface area contributed by atoms with Gasteiger partial charge in [-0.25, -0.2) is 0 Å². The number of anilines is 1. The number of nitrogens with zero attached hydrogens (tertiary/aromatic N) is 3. The van der Waals surface area contributed by atoms with E-state index in [-0.39, 0.29) is 5.91 Å². The van der Waals surface area contributed by atoms with Crippen LogP contribution in [0.15, 0.2) is 41.0 Å². The third kappa shape index (κ3) is 2.54. The molecule has 0 saturated heterocycles. The summed E-state index contributed by atoms with van der Waals surface area (Å²) in [6.07, 6.45) is 1.70. The molecule has 2 aromatic heterocycles. The van der Waals surface area contributed by atoms with Crippen LogP contribution in [0, 0.1) is 6.92 Å². The van der Waals surface area contributed by atoms with Crippen molar-refractivity contribution in [3.63, 3.8) is 0 Å². The molecule has 1 aromatic carbocycles. The first-order valence-corrected chi connectivity index (χ1v) is 7.21. The van der Waals surface area contributed by atoms with Crippen molar-refractivity contribution in [3.8, 4) is 0 Å².